The summed E-state index contributed by atoms with van der Waals surface area (Å²) in [5.41, 5.74) is 0. The molecule has 2 atom stereocenters. The Labute approximate surface area is 83.4 Å². The van der Waals surface area contributed by atoms with Crippen LogP contribution in [0.2, 0.25) is 0 Å². The van der Waals surface area contributed by atoms with Crippen molar-refractivity contribution < 1.29 is 0 Å². The monoisotopic (exact) mass is 203 g/mol. The lowest BCUT2D eigenvalue weighted by atomic mass is 10.2. The minimum atomic E-state index is 0.616. The fourth-order valence-electron chi connectivity index (χ4n) is 1.72. The second-order valence-electron chi connectivity index (χ2n) is 4.00. The largest absolute Gasteiger partial charge is 0.304 e. The molecule has 0 bridgehead atoms. The Bertz CT molecular complexity index is 160. The third-order valence-corrected chi connectivity index (χ3v) is 6.15. The standard InChI is InChI=1S/C9H17NS2/c1-7-5-10-8(12-6-7)9(11-2)3-4-9/h7-8,10H,3-6H2,1-2H3. The third-order valence-electron chi connectivity index (χ3n) is 2.83. The summed E-state index contributed by atoms with van der Waals surface area (Å²) in [6, 6.07) is 0. The molecule has 2 fully saturated rings. The maximum atomic E-state index is 3.66. The first-order valence-electron chi connectivity index (χ1n) is 4.67. The van der Waals surface area contributed by atoms with E-state index in [0.29, 0.717) is 4.75 Å². The molecule has 1 aliphatic heterocycles. The molecular weight excluding hydrogens is 186 g/mol. The summed E-state index contributed by atoms with van der Waals surface area (Å²) in [6.45, 7) is 3.55. The number of rotatable bonds is 2. The van der Waals surface area contributed by atoms with E-state index in [1.807, 2.05) is 0 Å². The fraction of sp³-hybridized carbons (Fsp3) is 1.00. The van der Waals surface area contributed by atoms with Crippen LogP contribution < -0.4 is 5.32 Å². The quantitative estimate of drug-likeness (QED) is 0.739. The maximum absolute atomic E-state index is 3.66. The van der Waals surface area contributed by atoms with Crippen LogP contribution in [-0.4, -0.2) is 28.7 Å². The lowest BCUT2D eigenvalue weighted by Crippen LogP contribution is -2.43. The van der Waals surface area contributed by atoms with Gasteiger partial charge in [-0.2, -0.15) is 11.8 Å². The average molecular weight is 203 g/mol. The predicted octanol–water partition coefficient (Wildman–Crippen LogP) is 2.18. The molecule has 1 nitrogen and oxygen atoms in total. The Morgan fingerprint density at radius 3 is 2.67 bits per heavy atom. The van der Waals surface area contributed by atoms with E-state index in [1.165, 1.54) is 25.1 Å². The number of hydrogen-bond acceptors (Lipinski definition) is 3. The minimum absolute atomic E-state index is 0.616. The minimum Gasteiger partial charge on any atom is -0.304 e. The summed E-state index contributed by atoms with van der Waals surface area (Å²) in [5.74, 6) is 2.21. The fourth-order valence-corrected chi connectivity index (χ4v) is 4.41. The first-order valence-corrected chi connectivity index (χ1v) is 6.94. The summed E-state index contributed by atoms with van der Waals surface area (Å²) >= 11 is 4.20. The van der Waals surface area contributed by atoms with Crippen molar-refractivity contribution in [2.75, 3.05) is 18.6 Å². The summed E-state index contributed by atoms with van der Waals surface area (Å²) in [6.07, 6.45) is 5.10. The molecule has 2 aliphatic rings. The van der Waals surface area contributed by atoms with Crippen LogP contribution in [0.5, 0.6) is 0 Å². The van der Waals surface area contributed by atoms with E-state index in [2.05, 4.69) is 42.0 Å². The maximum Gasteiger partial charge on any atom is 0.0681 e. The van der Waals surface area contributed by atoms with Crippen molar-refractivity contribution in [1.82, 2.24) is 5.32 Å². The molecule has 0 amide bonds. The van der Waals surface area contributed by atoms with Crippen LogP contribution in [-0.2, 0) is 0 Å². The van der Waals surface area contributed by atoms with E-state index in [9.17, 15) is 0 Å². The van der Waals surface area contributed by atoms with Gasteiger partial charge in [-0.15, -0.1) is 11.8 Å². The van der Waals surface area contributed by atoms with Gasteiger partial charge in [-0.05, 0) is 37.3 Å². The Morgan fingerprint density at radius 2 is 2.25 bits per heavy atom. The van der Waals surface area contributed by atoms with Crippen molar-refractivity contribution >= 4 is 23.5 Å². The SMILES string of the molecule is CSC1(C2NCC(C)CS2)CC1. The van der Waals surface area contributed by atoms with E-state index >= 15 is 0 Å². The molecule has 1 saturated carbocycles. The molecule has 2 unspecified atom stereocenters. The molecule has 0 spiro atoms. The van der Waals surface area contributed by atoms with E-state index in [0.717, 1.165) is 11.3 Å². The van der Waals surface area contributed by atoms with Crippen LogP contribution in [0.4, 0.5) is 0 Å². The molecule has 0 aromatic heterocycles. The molecular formula is C9H17NS2. The van der Waals surface area contributed by atoms with Crippen LogP contribution in [0.15, 0.2) is 0 Å². The van der Waals surface area contributed by atoms with E-state index in [1.54, 1.807) is 0 Å². The van der Waals surface area contributed by atoms with Gasteiger partial charge >= 0.3 is 0 Å². The average Bonchev–Trinajstić information content (AvgIpc) is 2.86. The highest BCUT2D eigenvalue weighted by Gasteiger charge is 2.49. The molecule has 1 N–H and O–H groups in total. The van der Waals surface area contributed by atoms with Crippen LogP contribution >= 0.6 is 23.5 Å². The van der Waals surface area contributed by atoms with Gasteiger partial charge in [-0.3, -0.25) is 0 Å². The Kier molecular flexibility index (Phi) is 2.64. The summed E-state index contributed by atoms with van der Waals surface area (Å²) in [5, 5.41) is 4.40. The molecule has 1 saturated heterocycles. The Morgan fingerprint density at radius 1 is 1.50 bits per heavy atom. The van der Waals surface area contributed by atoms with E-state index in [4.69, 9.17) is 0 Å². The molecule has 1 aliphatic carbocycles. The first-order chi connectivity index (χ1) is 5.77. The zero-order valence-electron chi connectivity index (χ0n) is 7.80. The smallest absolute Gasteiger partial charge is 0.0681 e. The zero-order valence-corrected chi connectivity index (χ0v) is 9.43. The van der Waals surface area contributed by atoms with Gasteiger partial charge in [0, 0.05) is 4.75 Å². The summed E-state index contributed by atoms with van der Waals surface area (Å²) < 4.78 is 0.616. The van der Waals surface area contributed by atoms with Crippen molar-refractivity contribution in [1.29, 1.82) is 0 Å². The second kappa shape index (κ2) is 3.43. The topological polar surface area (TPSA) is 12.0 Å². The van der Waals surface area contributed by atoms with Crippen LogP contribution in [0.1, 0.15) is 19.8 Å². The van der Waals surface area contributed by atoms with Crippen molar-refractivity contribution in [3.05, 3.63) is 0 Å². The van der Waals surface area contributed by atoms with Gasteiger partial charge < -0.3 is 5.32 Å². The molecule has 2 rings (SSSR count). The molecule has 1 heterocycles. The lowest BCUT2D eigenvalue weighted by Gasteiger charge is -2.32. The normalized spacial score (nSPS) is 39.5. The highest BCUT2D eigenvalue weighted by molar-refractivity contribution is 8.04. The van der Waals surface area contributed by atoms with Gasteiger partial charge in [0.05, 0.1) is 5.37 Å². The van der Waals surface area contributed by atoms with Gasteiger partial charge in [0.15, 0.2) is 0 Å². The van der Waals surface area contributed by atoms with Gasteiger partial charge in [0.2, 0.25) is 0 Å². The lowest BCUT2D eigenvalue weighted by molar-refractivity contribution is 0.508. The van der Waals surface area contributed by atoms with Crippen molar-refractivity contribution in [3.8, 4) is 0 Å². The van der Waals surface area contributed by atoms with E-state index in [-0.39, 0.29) is 0 Å². The third kappa shape index (κ3) is 1.64. The highest BCUT2D eigenvalue weighted by Crippen LogP contribution is 2.53. The van der Waals surface area contributed by atoms with Crippen LogP contribution in [0, 0.1) is 5.92 Å². The van der Waals surface area contributed by atoms with Crippen LogP contribution in [0.3, 0.4) is 0 Å². The molecule has 3 heteroatoms. The van der Waals surface area contributed by atoms with Gasteiger partial charge in [-0.25, -0.2) is 0 Å². The van der Waals surface area contributed by atoms with Crippen LogP contribution in [0.25, 0.3) is 0 Å². The highest BCUT2D eigenvalue weighted by atomic mass is 32.2. The van der Waals surface area contributed by atoms with Crippen molar-refractivity contribution in [3.63, 3.8) is 0 Å². The summed E-state index contributed by atoms with van der Waals surface area (Å²) in [4.78, 5) is 0. The number of hydrogen-bond donors (Lipinski definition) is 1. The number of thioether (sulfide) groups is 2. The van der Waals surface area contributed by atoms with Gasteiger partial charge in [-0.1, -0.05) is 6.92 Å². The second-order valence-corrected chi connectivity index (χ2v) is 6.36. The first kappa shape index (κ1) is 9.22. The van der Waals surface area contributed by atoms with Gasteiger partial charge in [0.25, 0.3) is 0 Å². The van der Waals surface area contributed by atoms with Crippen molar-refractivity contribution in [2.24, 2.45) is 5.92 Å². The molecule has 0 radical (unpaired) electrons. The molecule has 70 valence electrons. The van der Waals surface area contributed by atoms with E-state index < -0.39 is 0 Å². The molecule has 12 heavy (non-hydrogen) atoms. The Hall–Kier alpha value is 0.660. The molecule has 0 aromatic rings. The summed E-state index contributed by atoms with van der Waals surface area (Å²) in [7, 11) is 0. The molecule has 0 aromatic carbocycles. The zero-order chi connectivity index (χ0) is 8.60. The number of nitrogens with one attached hydrogen (secondary N) is 1. The van der Waals surface area contributed by atoms with Crippen molar-refractivity contribution in [2.45, 2.75) is 29.9 Å². The predicted molar refractivity (Wildman–Crippen MR) is 58.9 cm³/mol. The Balaban J connectivity index is 1.89. The van der Waals surface area contributed by atoms with Gasteiger partial charge in [0.1, 0.15) is 0 Å².